The molecule has 0 saturated heterocycles. The molecule has 5 aromatic rings. The first kappa shape index (κ1) is 31.0. The second kappa shape index (κ2) is 13.9. The summed E-state index contributed by atoms with van der Waals surface area (Å²) in [6.07, 6.45) is 1.43. The standard InChI is InChI=1S/C32H22Cl3N3O5S/c1-2-42-26-15-18(7-14-25(26)43-32(41)29-28(35)23-5-3-4-6-27(23)44-29)17-36-38-30(39)19-8-11-21(12-9-19)37-31(40)22-13-10-20(33)16-24(22)34/h3-17H,2H2,1H3,(H,37,40)(H,38,39)/b36-17-. The molecule has 0 fully saturated rings. The lowest BCUT2D eigenvalue weighted by Gasteiger charge is -2.11. The molecule has 4 aromatic carbocycles. The zero-order valence-electron chi connectivity index (χ0n) is 22.9. The van der Waals surface area contributed by atoms with Crippen molar-refractivity contribution in [2.24, 2.45) is 5.10 Å². The zero-order chi connectivity index (χ0) is 31.2. The zero-order valence-corrected chi connectivity index (χ0v) is 26.0. The maximum Gasteiger partial charge on any atom is 0.355 e. The molecular formula is C32H22Cl3N3O5S. The van der Waals surface area contributed by atoms with Crippen molar-refractivity contribution in [3.63, 3.8) is 0 Å². The lowest BCUT2D eigenvalue weighted by atomic mass is 10.1. The Morgan fingerprint density at radius 2 is 1.66 bits per heavy atom. The molecule has 1 aromatic heterocycles. The summed E-state index contributed by atoms with van der Waals surface area (Å²) in [5.74, 6) is -0.923. The van der Waals surface area contributed by atoms with Crippen molar-refractivity contribution in [1.82, 2.24) is 5.43 Å². The van der Waals surface area contributed by atoms with E-state index in [0.29, 0.717) is 44.1 Å². The minimum atomic E-state index is -0.592. The van der Waals surface area contributed by atoms with Crippen molar-refractivity contribution in [2.75, 3.05) is 11.9 Å². The summed E-state index contributed by atoms with van der Waals surface area (Å²) in [4.78, 5) is 38.4. The van der Waals surface area contributed by atoms with Gasteiger partial charge < -0.3 is 14.8 Å². The Hall–Kier alpha value is -4.41. The molecule has 0 atom stereocenters. The number of hydrogen-bond acceptors (Lipinski definition) is 7. The third kappa shape index (κ3) is 7.20. The molecule has 2 amide bonds. The Morgan fingerprint density at radius 1 is 0.886 bits per heavy atom. The molecule has 0 aliphatic carbocycles. The van der Waals surface area contributed by atoms with Gasteiger partial charge in [0.2, 0.25) is 0 Å². The summed E-state index contributed by atoms with van der Waals surface area (Å²) in [6.45, 7) is 2.13. The Kier molecular flexibility index (Phi) is 9.82. The van der Waals surface area contributed by atoms with Crippen molar-refractivity contribution >= 4 is 85.9 Å². The maximum atomic E-state index is 12.9. The molecule has 0 saturated carbocycles. The van der Waals surface area contributed by atoms with E-state index in [1.165, 1.54) is 29.7 Å². The van der Waals surface area contributed by atoms with Crippen LogP contribution in [0.3, 0.4) is 0 Å². The average Bonchev–Trinajstić information content (AvgIpc) is 3.35. The highest BCUT2D eigenvalue weighted by Gasteiger charge is 2.21. The summed E-state index contributed by atoms with van der Waals surface area (Å²) < 4.78 is 12.2. The van der Waals surface area contributed by atoms with Crippen LogP contribution in [0.4, 0.5) is 5.69 Å². The highest BCUT2D eigenvalue weighted by atomic mass is 35.5. The van der Waals surface area contributed by atoms with Crippen LogP contribution in [-0.2, 0) is 0 Å². The van der Waals surface area contributed by atoms with Gasteiger partial charge in [0, 0.05) is 26.4 Å². The number of amides is 2. The van der Waals surface area contributed by atoms with Crippen LogP contribution in [0.2, 0.25) is 15.1 Å². The molecule has 0 spiro atoms. The lowest BCUT2D eigenvalue weighted by Crippen LogP contribution is -2.18. The fourth-order valence-electron chi connectivity index (χ4n) is 4.06. The van der Waals surface area contributed by atoms with Crippen molar-refractivity contribution in [3.8, 4) is 11.5 Å². The van der Waals surface area contributed by atoms with Crippen LogP contribution in [0, 0.1) is 0 Å². The fourth-order valence-corrected chi connectivity index (χ4v) is 5.94. The number of hydrazone groups is 1. The van der Waals surface area contributed by atoms with E-state index in [9.17, 15) is 14.4 Å². The van der Waals surface area contributed by atoms with Crippen LogP contribution < -0.4 is 20.2 Å². The normalized spacial score (nSPS) is 11.0. The number of thiophene rings is 1. The number of hydrogen-bond donors (Lipinski definition) is 2. The van der Waals surface area contributed by atoms with Gasteiger partial charge in [-0.25, -0.2) is 10.2 Å². The number of fused-ring (bicyclic) bond motifs is 1. The molecular weight excluding hydrogens is 645 g/mol. The molecule has 8 nitrogen and oxygen atoms in total. The molecule has 222 valence electrons. The van der Waals surface area contributed by atoms with E-state index >= 15 is 0 Å². The van der Waals surface area contributed by atoms with E-state index in [4.69, 9.17) is 44.3 Å². The minimum Gasteiger partial charge on any atom is -0.490 e. The SMILES string of the molecule is CCOc1cc(/C=N\NC(=O)c2ccc(NC(=O)c3ccc(Cl)cc3Cl)cc2)ccc1OC(=O)c1sc2ccccc2c1Cl. The molecule has 44 heavy (non-hydrogen) atoms. The van der Waals surface area contributed by atoms with Crippen LogP contribution in [0.5, 0.6) is 11.5 Å². The fraction of sp³-hybridized carbons (Fsp3) is 0.0625. The van der Waals surface area contributed by atoms with E-state index < -0.39 is 17.8 Å². The van der Waals surface area contributed by atoms with Crippen LogP contribution >= 0.6 is 46.1 Å². The van der Waals surface area contributed by atoms with Crippen molar-refractivity contribution in [2.45, 2.75) is 6.92 Å². The summed E-state index contributed by atoms with van der Waals surface area (Å²) in [6, 6.07) is 23.2. The molecule has 12 heteroatoms. The number of nitrogens with zero attached hydrogens (tertiary/aromatic N) is 1. The second-order valence-electron chi connectivity index (χ2n) is 9.12. The first-order valence-electron chi connectivity index (χ1n) is 13.1. The number of nitrogens with one attached hydrogen (secondary N) is 2. The van der Waals surface area contributed by atoms with Crippen LogP contribution in [0.25, 0.3) is 10.1 Å². The Balaban J connectivity index is 1.21. The van der Waals surface area contributed by atoms with E-state index in [2.05, 4.69) is 15.8 Å². The lowest BCUT2D eigenvalue weighted by molar-refractivity contribution is 0.0733. The van der Waals surface area contributed by atoms with Gasteiger partial charge in [0.15, 0.2) is 11.5 Å². The molecule has 0 unspecified atom stereocenters. The van der Waals surface area contributed by atoms with Gasteiger partial charge in [0.1, 0.15) is 4.88 Å². The van der Waals surface area contributed by atoms with Gasteiger partial charge in [-0.1, -0.05) is 53.0 Å². The Labute approximate surface area is 271 Å². The molecule has 0 aliphatic heterocycles. The summed E-state index contributed by atoms with van der Waals surface area (Å²) in [5, 5.41) is 8.52. The summed E-state index contributed by atoms with van der Waals surface area (Å²) >= 11 is 19.7. The van der Waals surface area contributed by atoms with Gasteiger partial charge in [-0.2, -0.15) is 5.10 Å². The van der Waals surface area contributed by atoms with E-state index in [-0.39, 0.29) is 16.3 Å². The van der Waals surface area contributed by atoms with Gasteiger partial charge in [-0.15, -0.1) is 11.3 Å². The minimum absolute atomic E-state index is 0.220. The second-order valence-corrected chi connectivity index (χ2v) is 11.4. The quantitative estimate of drug-likeness (QED) is 0.0710. The van der Waals surface area contributed by atoms with Crippen molar-refractivity contribution in [3.05, 3.63) is 122 Å². The summed E-state index contributed by atoms with van der Waals surface area (Å²) in [7, 11) is 0. The van der Waals surface area contributed by atoms with Gasteiger partial charge in [-0.05, 0) is 79.2 Å². The number of carbonyl (C=O) groups excluding carboxylic acids is 3. The number of benzene rings is 4. The van der Waals surface area contributed by atoms with E-state index in [1.54, 1.807) is 55.5 Å². The van der Waals surface area contributed by atoms with Gasteiger partial charge in [0.05, 0.1) is 28.4 Å². The maximum absolute atomic E-state index is 12.9. The molecule has 0 bridgehead atoms. The predicted octanol–water partition coefficient (Wildman–Crippen LogP) is 8.50. The Bertz CT molecular complexity index is 1910. The number of esters is 1. The third-order valence-electron chi connectivity index (χ3n) is 6.15. The monoisotopic (exact) mass is 665 g/mol. The van der Waals surface area contributed by atoms with Crippen LogP contribution in [0.15, 0.2) is 90.0 Å². The molecule has 0 radical (unpaired) electrons. The first-order valence-corrected chi connectivity index (χ1v) is 15.0. The van der Waals surface area contributed by atoms with Crippen molar-refractivity contribution < 1.29 is 23.9 Å². The molecule has 5 rings (SSSR count). The molecule has 0 aliphatic rings. The number of halogens is 3. The van der Waals surface area contributed by atoms with Gasteiger partial charge >= 0.3 is 5.97 Å². The van der Waals surface area contributed by atoms with Gasteiger partial charge in [-0.3, -0.25) is 9.59 Å². The number of anilines is 1. The number of carbonyl (C=O) groups is 3. The van der Waals surface area contributed by atoms with Crippen LogP contribution in [0.1, 0.15) is 42.9 Å². The smallest absolute Gasteiger partial charge is 0.355 e. The van der Waals surface area contributed by atoms with Crippen LogP contribution in [-0.4, -0.2) is 30.6 Å². The van der Waals surface area contributed by atoms with Crippen molar-refractivity contribution in [1.29, 1.82) is 0 Å². The largest absolute Gasteiger partial charge is 0.490 e. The van der Waals surface area contributed by atoms with E-state index in [1.807, 2.05) is 24.3 Å². The number of rotatable bonds is 9. The topological polar surface area (TPSA) is 106 Å². The molecule has 1 heterocycles. The highest BCUT2D eigenvalue weighted by molar-refractivity contribution is 7.21. The highest BCUT2D eigenvalue weighted by Crippen LogP contribution is 2.37. The average molecular weight is 667 g/mol. The predicted molar refractivity (Wildman–Crippen MR) is 175 cm³/mol. The number of ether oxygens (including phenoxy) is 2. The third-order valence-corrected chi connectivity index (χ3v) is 8.35. The first-order chi connectivity index (χ1) is 21.2. The van der Waals surface area contributed by atoms with Gasteiger partial charge in [0.25, 0.3) is 11.8 Å². The summed E-state index contributed by atoms with van der Waals surface area (Å²) in [5.41, 5.74) is 4.11. The van der Waals surface area contributed by atoms with E-state index in [0.717, 1.165) is 10.1 Å². The molecule has 2 N–H and O–H groups in total. The Morgan fingerprint density at radius 3 is 2.39 bits per heavy atom.